The molecule has 106 valence electrons. The van der Waals surface area contributed by atoms with Crippen molar-refractivity contribution in [1.29, 1.82) is 0 Å². The molecule has 0 aliphatic rings. The molecule has 5 nitrogen and oxygen atoms in total. The van der Waals surface area contributed by atoms with Crippen LogP contribution in [-0.4, -0.2) is 21.9 Å². The van der Waals surface area contributed by atoms with E-state index in [2.05, 4.69) is 22.2 Å². The number of rotatable bonds is 6. The third-order valence-electron chi connectivity index (χ3n) is 3.17. The fourth-order valence-electron chi connectivity index (χ4n) is 1.94. The van der Waals surface area contributed by atoms with Gasteiger partial charge in [0.25, 0.3) is 0 Å². The smallest absolute Gasteiger partial charge is 0.241 e. The molecule has 0 aliphatic heterocycles. The molecule has 0 unspecified atom stereocenters. The third-order valence-corrected chi connectivity index (χ3v) is 3.17. The Morgan fingerprint density at radius 2 is 2.15 bits per heavy atom. The number of nitrogens with one attached hydrogen (secondary N) is 2. The van der Waals surface area contributed by atoms with E-state index in [1.165, 1.54) is 0 Å². The van der Waals surface area contributed by atoms with Gasteiger partial charge in [0.1, 0.15) is 0 Å². The molecule has 0 saturated carbocycles. The number of unbranched alkanes of at least 4 members (excludes halogenated alkanes) is 1. The van der Waals surface area contributed by atoms with Gasteiger partial charge in [0.05, 0.1) is 24.3 Å². The van der Waals surface area contributed by atoms with Crippen LogP contribution >= 0.6 is 0 Å². The Morgan fingerprint density at radius 3 is 2.75 bits per heavy atom. The lowest BCUT2D eigenvalue weighted by atomic mass is 10.1. The van der Waals surface area contributed by atoms with Crippen LogP contribution in [-0.2, 0) is 4.79 Å². The molecule has 0 fully saturated rings. The fraction of sp³-hybridized carbons (Fsp3) is 0.333. The number of H-pyrrole nitrogens is 1. The molecule has 0 saturated heterocycles. The van der Waals surface area contributed by atoms with Crippen LogP contribution in [0.3, 0.4) is 0 Å². The van der Waals surface area contributed by atoms with E-state index in [0.717, 1.165) is 29.8 Å². The van der Waals surface area contributed by atoms with Gasteiger partial charge in [-0.25, -0.2) is 4.98 Å². The van der Waals surface area contributed by atoms with E-state index < -0.39 is 6.04 Å². The Balaban J connectivity index is 1.95. The number of nitrogens with two attached hydrogens (primary N) is 1. The molecule has 1 aromatic heterocycles. The second kappa shape index (κ2) is 6.86. The van der Waals surface area contributed by atoms with Crippen molar-refractivity contribution in [3.8, 4) is 11.3 Å². The van der Waals surface area contributed by atoms with E-state index in [4.69, 9.17) is 5.73 Å². The topological polar surface area (TPSA) is 83.8 Å². The lowest BCUT2D eigenvalue weighted by molar-refractivity contribution is -0.117. The molecule has 0 bridgehead atoms. The largest absolute Gasteiger partial charge is 0.345 e. The molecule has 1 atom stereocenters. The van der Waals surface area contributed by atoms with Crippen LogP contribution in [0.5, 0.6) is 0 Å². The molecule has 4 N–H and O–H groups in total. The lowest BCUT2D eigenvalue weighted by Gasteiger charge is -2.12. The standard InChI is InChI=1S/C15H20N4O/c1-2-3-4-13(16)15(20)19-12-7-5-11(6-8-12)14-9-17-10-18-14/h5-10,13H,2-4,16H2,1H3,(H,17,18)(H,19,20)/t13-/m0/s1. The van der Waals surface area contributed by atoms with Crippen molar-refractivity contribution in [2.45, 2.75) is 32.2 Å². The monoisotopic (exact) mass is 272 g/mol. The Hall–Kier alpha value is -2.14. The first-order valence-electron chi connectivity index (χ1n) is 6.86. The average Bonchev–Trinajstić information content (AvgIpc) is 2.99. The molecule has 5 heteroatoms. The highest BCUT2D eigenvalue weighted by Crippen LogP contribution is 2.18. The van der Waals surface area contributed by atoms with Crippen molar-refractivity contribution < 1.29 is 4.79 Å². The van der Waals surface area contributed by atoms with Crippen LogP contribution < -0.4 is 11.1 Å². The van der Waals surface area contributed by atoms with Crippen LogP contribution in [0, 0.1) is 0 Å². The molecule has 0 radical (unpaired) electrons. The van der Waals surface area contributed by atoms with Crippen molar-refractivity contribution in [3.63, 3.8) is 0 Å². The number of carbonyl (C=O) groups excluding carboxylic acids is 1. The van der Waals surface area contributed by atoms with Crippen LogP contribution in [0.25, 0.3) is 11.3 Å². The van der Waals surface area contributed by atoms with Crippen molar-refractivity contribution in [3.05, 3.63) is 36.8 Å². The summed E-state index contributed by atoms with van der Waals surface area (Å²) in [5.74, 6) is -0.132. The Morgan fingerprint density at radius 1 is 1.40 bits per heavy atom. The zero-order valence-corrected chi connectivity index (χ0v) is 11.6. The minimum Gasteiger partial charge on any atom is -0.345 e. The van der Waals surface area contributed by atoms with Gasteiger partial charge >= 0.3 is 0 Å². The highest BCUT2D eigenvalue weighted by molar-refractivity contribution is 5.94. The summed E-state index contributed by atoms with van der Waals surface area (Å²) in [5.41, 5.74) is 8.56. The van der Waals surface area contributed by atoms with E-state index in [1.807, 2.05) is 24.3 Å². The zero-order chi connectivity index (χ0) is 14.4. The van der Waals surface area contributed by atoms with E-state index >= 15 is 0 Å². The van der Waals surface area contributed by atoms with Gasteiger partial charge in [-0.15, -0.1) is 0 Å². The van der Waals surface area contributed by atoms with Crippen molar-refractivity contribution >= 4 is 11.6 Å². The van der Waals surface area contributed by atoms with Gasteiger partial charge < -0.3 is 16.0 Å². The Kier molecular flexibility index (Phi) is 4.90. The van der Waals surface area contributed by atoms with Crippen LogP contribution in [0.4, 0.5) is 5.69 Å². The summed E-state index contributed by atoms with van der Waals surface area (Å²) in [7, 11) is 0. The number of hydrogen-bond acceptors (Lipinski definition) is 3. The summed E-state index contributed by atoms with van der Waals surface area (Å²) in [6, 6.07) is 7.14. The number of hydrogen-bond donors (Lipinski definition) is 3. The van der Waals surface area contributed by atoms with Crippen LogP contribution in [0.1, 0.15) is 26.2 Å². The molecule has 1 amide bonds. The SMILES string of the molecule is CCCC[C@H](N)C(=O)Nc1ccc(-c2cnc[nH]2)cc1. The van der Waals surface area contributed by atoms with Gasteiger partial charge in [-0.05, 0) is 24.1 Å². The number of carbonyl (C=O) groups is 1. The van der Waals surface area contributed by atoms with Crippen molar-refractivity contribution in [2.75, 3.05) is 5.32 Å². The average molecular weight is 272 g/mol. The maximum absolute atomic E-state index is 11.9. The number of benzene rings is 1. The van der Waals surface area contributed by atoms with Crippen LogP contribution in [0.2, 0.25) is 0 Å². The first-order chi connectivity index (χ1) is 9.70. The Labute approximate surface area is 118 Å². The quantitative estimate of drug-likeness (QED) is 0.755. The summed E-state index contributed by atoms with van der Waals surface area (Å²) in [4.78, 5) is 18.9. The van der Waals surface area contributed by atoms with Crippen molar-refractivity contribution in [1.82, 2.24) is 9.97 Å². The van der Waals surface area contributed by atoms with Crippen LogP contribution in [0.15, 0.2) is 36.8 Å². The molecule has 1 aromatic carbocycles. The molecule has 2 rings (SSSR count). The third kappa shape index (κ3) is 3.68. The van der Waals surface area contributed by atoms with Gasteiger partial charge in [-0.1, -0.05) is 31.9 Å². The summed E-state index contributed by atoms with van der Waals surface area (Å²) in [5, 5.41) is 2.83. The van der Waals surface area contributed by atoms with E-state index in [9.17, 15) is 4.79 Å². The highest BCUT2D eigenvalue weighted by Gasteiger charge is 2.12. The van der Waals surface area contributed by atoms with Crippen molar-refractivity contribution in [2.24, 2.45) is 5.73 Å². The lowest BCUT2D eigenvalue weighted by Crippen LogP contribution is -2.35. The molecule has 1 heterocycles. The number of aromatic nitrogens is 2. The maximum Gasteiger partial charge on any atom is 0.241 e. The Bertz CT molecular complexity index is 534. The molecule has 2 aromatic rings. The first-order valence-corrected chi connectivity index (χ1v) is 6.86. The first kappa shape index (κ1) is 14.3. The molecular weight excluding hydrogens is 252 g/mol. The summed E-state index contributed by atoms with van der Waals surface area (Å²) in [6.45, 7) is 2.08. The predicted octanol–water partition coefficient (Wildman–Crippen LogP) is 2.53. The predicted molar refractivity (Wildman–Crippen MR) is 80.2 cm³/mol. The second-order valence-electron chi connectivity index (χ2n) is 4.78. The van der Waals surface area contributed by atoms with Gasteiger partial charge in [0, 0.05) is 5.69 Å². The number of imidazole rings is 1. The minimum absolute atomic E-state index is 0.132. The molecule has 0 aliphatic carbocycles. The van der Waals surface area contributed by atoms with Gasteiger partial charge in [0.2, 0.25) is 5.91 Å². The van der Waals surface area contributed by atoms with E-state index in [1.54, 1.807) is 12.5 Å². The number of nitrogens with zero attached hydrogens (tertiary/aromatic N) is 1. The second-order valence-corrected chi connectivity index (χ2v) is 4.78. The zero-order valence-electron chi connectivity index (χ0n) is 11.6. The minimum atomic E-state index is -0.442. The summed E-state index contributed by atoms with van der Waals surface area (Å²) >= 11 is 0. The van der Waals surface area contributed by atoms with Gasteiger partial charge in [0.15, 0.2) is 0 Å². The van der Waals surface area contributed by atoms with Gasteiger partial charge in [-0.2, -0.15) is 0 Å². The molecule has 20 heavy (non-hydrogen) atoms. The molecular formula is C15H20N4O. The number of amides is 1. The normalized spacial score (nSPS) is 12.1. The van der Waals surface area contributed by atoms with Gasteiger partial charge in [-0.3, -0.25) is 4.79 Å². The van der Waals surface area contributed by atoms with E-state index in [0.29, 0.717) is 6.42 Å². The number of anilines is 1. The summed E-state index contributed by atoms with van der Waals surface area (Å²) < 4.78 is 0. The highest BCUT2D eigenvalue weighted by atomic mass is 16.2. The molecule has 0 spiro atoms. The summed E-state index contributed by atoms with van der Waals surface area (Å²) in [6.07, 6.45) is 6.12. The van der Waals surface area contributed by atoms with E-state index in [-0.39, 0.29) is 5.91 Å². The maximum atomic E-state index is 11.9. The number of aromatic amines is 1. The fourth-order valence-corrected chi connectivity index (χ4v) is 1.94.